The molecule has 0 saturated heterocycles. The van der Waals surface area contributed by atoms with E-state index < -0.39 is 6.10 Å². The molecule has 0 radical (unpaired) electrons. The highest BCUT2D eigenvalue weighted by Gasteiger charge is 2.24. The van der Waals surface area contributed by atoms with E-state index in [-0.39, 0.29) is 0 Å². The summed E-state index contributed by atoms with van der Waals surface area (Å²) in [5, 5.41) is 3.73. The molecule has 0 fully saturated rings. The van der Waals surface area contributed by atoms with Crippen LogP contribution in [-0.4, -0.2) is 30.9 Å². The van der Waals surface area contributed by atoms with Gasteiger partial charge in [0.1, 0.15) is 17.6 Å². The van der Waals surface area contributed by atoms with E-state index in [1.807, 2.05) is 55.6 Å². The minimum Gasteiger partial charge on any atom is -0.497 e. The van der Waals surface area contributed by atoms with Crippen LogP contribution in [0, 0.1) is 0 Å². The minimum absolute atomic E-state index is 0.293. The Bertz CT molecular complexity index is 1010. The summed E-state index contributed by atoms with van der Waals surface area (Å²) in [6.45, 7) is 0. The van der Waals surface area contributed by atoms with E-state index in [0.29, 0.717) is 18.1 Å². The molecular formula is C21H23N5O3. The predicted octanol–water partition coefficient (Wildman–Crippen LogP) is 4.71. The molecule has 150 valence electrons. The average molecular weight is 393 g/mol. The Kier molecular flexibility index (Phi) is 6.39. The molecule has 0 N–H and O–H groups in total. The molecule has 0 aliphatic heterocycles. The maximum Gasteiger partial charge on any atom is 0.197 e. The largest absolute Gasteiger partial charge is 0.497 e. The number of hydrogen-bond acceptors (Lipinski definition) is 5. The van der Waals surface area contributed by atoms with Gasteiger partial charge in [0.05, 0.1) is 19.9 Å². The second-order valence-corrected chi connectivity index (χ2v) is 6.41. The molecule has 3 aromatic rings. The predicted molar refractivity (Wildman–Crippen MR) is 110 cm³/mol. The normalized spacial score (nSPS) is 11.6. The summed E-state index contributed by atoms with van der Waals surface area (Å²) in [4.78, 5) is 7.48. The monoisotopic (exact) mass is 393 g/mol. The van der Waals surface area contributed by atoms with E-state index in [9.17, 15) is 0 Å². The van der Waals surface area contributed by atoms with E-state index in [1.54, 1.807) is 25.9 Å². The molecule has 1 aromatic heterocycles. The van der Waals surface area contributed by atoms with Crippen molar-refractivity contribution in [3.05, 3.63) is 81.5 Å². The van der Waals surface area contributed by atoms with Crippen LogP contribution in [0.25, 0.3) is 10.4 Å². The molecule has 0 aliphatic rings. The highest BCUT2D eigenvalue weighted by Crippen LogP contribution is 2.32. The molecule has 0 bridgehead atoms. The Morgan fingerprint density at radius 3 is 2.10 bits per heavy atom. The van der Waals surface area contributed by atoms with E-state index in [1.165, 1.54) is 0 Å². The zero-order valence-corrected chi connectivity index (χ0v) is 16.9. The summed E-state index contributed by atoms with van der Waals surface area (Å²) in [7, 11) is 6.73. The number of hydrogen-bond donors (Lipinski definition) is 0. The highest BCUT2D eigenvalue weighted by molar-refractivity contribution is 5.40. The molecule has 1 unspecified atom stereocenters. The van der Waals surface area contributed by atoms with Gasteiger partial charge in [0.25, 0.3) is 0 Å². The fourth-order valence-corrected chi connectivity index (χ4v) is 3.21. The molecule has 2 aromatic carbocycles. The SMILES string of the molecule is COc1ccc(Cc2c(C(OC)c3ccc(OC)cc3)nc(N=[N+]=[N-])n2C)cc1. The van der Waals surface area contributed by atoms with Crippen molar-refractivity contribution in [1.82, 2.24) is 9.55 Å². The van der Waals surface area contributed by atoms with E-state index in [0.717, 1.165) is 28.3 Å². The lowest BCUT2D eigenvalue weighted by molar-refractivity contribution is 0.132. The summed E-state index contributed by atoms with van der Waals surface area (Å²) < 4.78 is 18.1. The number of nitrogens with zero attached hydrogens (tertiary/aromatic N) is 5. The van der Waals surface area contributed by atoms with Crippen molar-refractivity contribution < 1.29 is 14.2 Å². The van der Waals surface area contributed by atoms with Gasteiger partial charge in [-0.3, -0.25) is 0 Å². The number of rotatable bonds is 8. The number of benzene rings is 2. The lowest BCUT2D eigenvalue weighted by Crippen LogP contribution is -2.09. The Morgan fingerprint density at radius 1 is 1.00 bits per heavy atom. The smallest absolute Gasteiger partial charge is 0.197 e. The van der Waals surface area contributed by atoms with Gasteiger partial charge in [-0.2, -0.15) is 0 Å². The van der Waals surface area contributed by atoms with Gasteiger partial charge in [-0.15, -0.1) is 0 Å². The first-order chi connectivity index (χ1) is 14.1. The third-order valence-electron chi connectivity index (χ3n) is 4.79. The molecule has 3 rings (SSSR count). The van der Waals surface area contributed by atoms with Crippen LogP contribution in [0.4, 0.5) is 5.95 Å². The van der Waals surface area contributed by atoms with Crippen LogP contribution in [0.5, 0.6) is 11.5 Å². The van der Waals surface area contributed by atoms with E-state index >= 15 is 0 Å². The van der Waals surface area contributed by atoms with Gasteiger partial charge in [-0.05, 0) is 46.0 Å². The summed E-state index contributed by atoms with van der Waals surface area (Å²) in [5.41, 5.74) is 12.5. The number of methoxy groups -OCH3 is 3. The minimum atomic E-state index is -0.414. The standard InChI is InChI=1S/C21H23N5O3/c1-26-18(13-14-5-9-16(27-2)10-6-14)19(23-21(26)24-25-22)20(29-4)15-7-11-17(28-3)12-8-15/h5-12,20H,13H2,1-4H3. The third kappa shape index (κ3) is 4.34. The molecule has 29 heavy (non-hydrogen) atoms. The van der Waals surface area contributed by atoms with Crippen LogP contribution in [0.2, 0.25) is 0 Å². The zero-order valence-electron chi connectivity index (χ0n) is 16.9. The second-order valence-electron chi connectivity index (χ2n) is 6.41. The second kappa shape index (κ2) is 9.14. The lowest BCUT2D eigenvalue weighted by Gasteiger charge is -2.17. The molecule has 0 saturated carbocycles. The van der Waals surface area contributed by atoms with Crippen molar-refractivity contribution in [3.8, 4) is 11.5 Å². The highest BCUT2D eigenvalue weighted by atomic mass is 16.5. The van der Waals surface area contributed by atoms with Crippen LogP contribution in [0.3, 0.4) is 0 Å². The van der Waals surface area contributed by atoms with Crippen LogP contribution in [0.1, 0.15) is 28.6 Å². The van der Waals surface area contributed by atoms with Crippen molar-refractivity contribution in [1.29, 1.82) is 0 Å². The molecule has 0 aliphatic carbocycles. The van der Waals surface area contributed by atoms with Gasteiger partial charge in [-0.1, -0.05) is 24.3 Å². The van der Waals surface area contributed by atoms with Gasteiger partial charge in [-0.25, -0.2) is 4.98 Å². The quantitative estimate of drug-likeness (QED) is 0.315. The van der Waals surface area contributed by atoms with Crippen molar-refractivity contribution in [2.24, 2.45) is 12.2 Å². The van der Waals surface area contributed by atoms with Gasteiger partial charge in [0, 0.05) is 31.2 Å². The Labute approximate surface area is 169 Å². The molecule has 8 heteroatoms. The summed E-state index contributed by atoms with van der Waals surface area (Å²) in [6.07, 6.45) is 0.183. The maximum atomic E-state index is 8.91. The van der Waals surface area contributed by atoms with Crippen LogP contribution in [-0.2, 0) is 18.2 Å². The van der Waals surface area contributed by atoms with Crippen molar-refractivity contribution in [3.63, 3.8) is 0 Å². The van der Waals surface area contributed by atoms with Crippen molar-refractivity contribution in [2.45, 2.75) is 12.5 Å². The molecular weight excluding hydrogens is 370 g/mol. The average Bonchev–Trinajstić information content (AvgIpc) is 3.05. The first-order valence-corrected chi connectivity index (χ1v) is 9.01. The van der Waals surface area contributed by atoms with Crippen LogP contribution in [0.15, 0.2) is 53.6 Å². The number of ether oxygens (including phenoxy) is 3. The summed E-state index contributed by atoms with van der Waals surface area (Å²) in [5.74, 6) is 1.85. The topological polar surface area (TPSA) is 94.3 Å². The molecule has 1 heterocycles. The third-order valence-corrected chi connectivity index (χ3v) is 4.79. The fraction of sp³-hybridized carbons (Fsp3) is 0.286. The number of aromatic nitrogens is 2. The van der Waals surface area contributed by atoms with Gasteiger partial charge >= 0.3 is 0 Å². The van der Waals surface area contributed by atoms with Crippen LogP contribution < -0.4 is 9.47 Å². The molecule has 0 amide bonds. The fourth-order valence-electron chi connectivity index (χ4n) is 3.21. The van der Waals surface area contributed by atoms with Gasteiger partial charge in [0.2, 0.25) is 0 Å². The first-order valence-electron chi connectivity index (χ1n) is 9.01. The van der Waals surface area contributed by atoms with Gasteiger partial charge < -0.3 is 18.8 Å². The number of azide groups is 1. The molecule has 1 atom stereocenters. The summed E-state index contributed by atoms with van der Waals surface area (Å²) >= 11 is 0. The summed E-state index contributed by atoms with van der Waals surface area (Å²) in [6, 6.07) is 15.5. The van der Waals surface area contributed by atoms with E-state index in [4.69, 9.17) is 19.7 Å². The Hall–Kier alpha value is -3.48. The lowest BCUT2D eigenvalue weighted by atomic mass is 10.0. The Balaban J connectivity index is 2.04. The number of imidazole rings is 1. The molecule has 0 spiro atoms. The van der Waals surface area contributed by atoms with E-state index in [2.05, 4.69) is 15.0 Å². The zero-order chi connectivity index (χ0) is 20.8. The van der Waals surface area contributed by atoms with Gasteiger partial charge in [0.15, 0.2) is 5.95 Å². The molecule has 8 nitrogen and oxygen atoms in total. The first kappa shape index (κ1) is 20.3. The van der Waals surface area contributed by atoms with Crippen molar-refractivity contribution in [2.75, 3.05) is 21.3 Å². The maximum absolute atomic E-state index is 8.91. The Morgan fingerprint density at radius 2 is 1.59 bits per heavy atom. The van der Waals surface area contributed by atoms with Crippen molar-refractivity contribution >= 4 is 5.95 Å². The van der Waals surface area contributed by atoms with Crippen LogP contribution >= 0.6 is 0 Å².